The quantitative estimate of drug-likeness (QED) is 0.867. The third-order valence-electron chi connectivity index (χ3n) is 3.29. The van der Waals surface area contributed by atoms with Gasteiger partial charge in [0, 0.05) is 38.9 Å². The molecule has 0 aliphatic carbocycles. The first-order valence-electron chi connectivity index (χ1n) is 6.74. The Morgan fingerprint density at radius 3 is 3.21 bits per heavy atom. The Morgan fingerprint density at radius 1 is 1.58 bits per heavy atom. The molecule has 5 heteroatoms. The average Bonchev–Trinajstić information content (AvgIpc) is 2.46. The SMILES string of the molecule is COCCC(=O)N[C@@H]1CCCN(c2ccccn2)C1. The van der Waals surface area contributed by atoms with Gasteiger partial charge in [-0.3, -0.25) is 4.79 Å². The van der Waals surface area contributed by atoms with E-state index >= 15 is 0 Å². The summed E-state index contributed by atoms with van der Waals surface area (Å²) in [4.78, 5) is 18.3. The number of ether oxygens (including phenoxy) is 1. The fourth-order valence-corrected chi connectivity index (χ4v) is 2.34. The molecule has 0 spiro atoms. The van der Waals surface area contributed by atoms with Crippen LogP contribution in [0.25, 0.3) is 0 Å². The maximum Gasteiger partial charge on any atom is 0.222 e. The van der Waals surface area contributed by atoms with Crippen LogP contribution in [0.1, 0.15) is 19.3 Å². The highest BCUT2D eigenvalue weighted by molar-refractivity contribution is 5.76. The summed E-state index contributed by atoms with van der Waals surface area (Å²) in [6.07, 6.45) is 4.33. The topological polar surface area (TPSA) is 54.5 Å². The summed E-state index contributed by atoms with van der Waals surface area (Å²) < 4.78 is 4.91. The van der Waals surface area contributed by atoms with Crippen LogP contribution in [0.3, 0.4) is 0 Å². The molecule has 0 aromatic carbocycles. The van der Waals surface area contributed by atoms with Gasteiger partial charge in [-0.15, -0.1) is 0 Å². The second-order valence-electron chi connectivity index (χ2n) is 4.78. The largest absolute Gasteiger partial charge is 0.384 e. The maximum absolute atomic E-state index is 11.7. The van der Waals surface area contributed by atoms with Crippen molar-refractivity contribution in [3.63, 3.8) is 0 Å². The van der Waals surface area contributed by atoms with Gasteiger partial charge in [0.25, 0.3) is 0 Å². The van der Waals surface area contributed by atoms with Crippen LogP contribution in [0, 0.1) is 0 Å². The van der Waals surface area contributed by atoms with Gasteiger partial charge >= 0.3 is 0 Å². The summed E-state index contributed by atoms with van der Waals surface area (Å²) in [6.45, 7) is 2.31. The standard InChI is InChI=1S/C14H21N3O2/c1-19-10-7-14(18)16-12-5-4-9-17(11-12)13-6-2-3-8-15-13/h2-3,6,8,12H,4-5,7,9-11H2,1H3,(H,16,18)/t12-/m1/s1. The van der Waals surface area contributed by atoms with Crippen molar-refractivity contribution in [1.82, 2.24) is 10.3 Å². The van der Waals surface area contributed by atoms with Gasteiger partial charge < -0.3 is 15.0 Å². The molecule has 1 fully saturated rings. The predicted molar refractivity (Wildman–Crippen MR) is 74.1 cm³/mol. The lowest BCUT2D eigenvalue weighted by atomic mass is 10.1. The van der Waals surface area contributed by atoms with E-state index in [2.05, 4.69) is 15.2 Å². The van der Waals surface area contributed by atoms with Gasteiger partial charge in [-0.05, 0) is 25.0 Å². The predicted octanol–water partition coefficient (Wildman–Crippen LogP) is 1.20. The molecule has 2 rings (SSSR count). The molecule has 0 saturated carbocycles. The fourth-order valence-electron chi connectivity index (χ4n) is 2.34. The number of pyridine rings is 1. The van der Waals surface area contributed by atoms with E-state index in [4.69, 9.17) is 4.74 Å². The summed E-state index contributed by atoms with van der Waals surface area (Å²) in [5, 5.41) is 3.07. The zero-order valence-corrected chi connectivity index (χ0v) is 11.3. The molecule has 1 aliphatic rings. The van der Waals surface area contributed by atoms with E-state index in [9.17, 15) is 4.79 Å². The van der Waals surface area contributed by atoms with Crippen LogP contribution < -0.4 is 10.2 Å². The zero-order chi connectivity index (χ0) is 13.5. The third kappa shape index (κ3) is 4.21. The Kier molecular flexibility index (Phi) is 5.15. The average molecular weight is 263 g/mol. The van der Waals surface area contributed by atoms with Crippen LogP contribution in [0.5, 0.6) is 0 Å². The number of amides is 1. The summed E-state index contributed by atoms with van der Waals surface area (Å²) in [6, 6.07) is 6.12. The molecule has 1 aliphatic heterocycles. The van der Waals surface area contributed by atoms with Crippen molar-refractivity contribution < 1.29 is 9.53 Å². The van der Waals surface area contributed by atoms with Crippen molar-refractivity contribution in [2.24, 2.45) is 0 Å². The lowest BCUT2D eigenvalue weighted by molar-refractivity contribution is -0.122. The number of nitrogens with one attached hydrogen (secondary N) is 1. The molecule has 1 aromatic heterocycles. The fraction of sp³-hybridized carbons (Fsp3) is 0.571. The van der Waals surface area contributed by atoms with E-state index in [0.717, 1.165) is 31.7 Å². The summed E-state index contributed by atoms with van der Waals surface area (Å²) in [7, 11) is 1.61. The molecule has 5 nitrogen and oxygen atoms in total. The van der Waals surface area contributed by atoms with Crippen LogP contribution in [-0.2, 0) is 9.53 Å². The number of hydrogen-bond donors (Lipinski definition) is 1. The number of methoxy groups -OCH3 is 1. The van der Waals surface area contributed by atoms with Crippen LogP contribution in [0.15, 0.2) is 24.4 Å². The lowest BCUT2D eigenvalue weighted by Gasteiger charge is -2.33. The summed E-state index contributed by atoms with van der Waals surface area (Å²) >= 11 is 0. The minimum absolute atomic E-state index is 0.0646. The van der Waals surface area contributed by atoms with Gasteiger partial charge in [-0.1, -0.05) is 6.07 Å². The first kappa shape index (κ1) is 13.8. The van der Waals surface area contributed by atoms with E-state index in [-0.39, 0.29) is 11.9 Å². The monoisotopic (exact) mass is 263 g/mol. The van der Waals surface area contributed by atoms with Gasteiger partial charge in [0.1, 0.15) is 5.82 Å². The van der Waals surface area contributed by atoms with Crippen molar-refractivity contribution in [3.05, 3.63) is 24.4 Å². The number of nitrogens with zero attached hydrogens (tertiary/aromatic N) is 2. The first-order chi connectivity index (χ1) is 9.29. The minimum Gasteiger partial charge on any atom is -0.384 e. The highest BCUT2D eigenvalue weighted by Crippen LogP contribution is 2.17. The van der Waals surface area contributed by atoms with E-state index in [1.54, 1.807) is 13.3 Å². The highest BCUT2D eigenvalue weighted by atomic mass is 16.5. The Bertz CT molecular complexity index is 397. The molecule has 1 amide bonds. The molecule has 0 unspecified atom stereocenters. The van der Waals surface area contributed by atoms with Gasteiger partial charge in [0.05, 0.1) is 6.61 Å². The van der Waals surface area contributed by atoms with Crippen LogP contribution in [0.4, 0.5) is 5.82 Å². The van der Waals surface area contributed by atoms with Gasteiger partial charge in [0.15, 0.2) is 0 Å². The molecule has 0 bridgehead atoms. The molecular formula is C14H21N3O2. The second kappa shape index (κ2) is 7.09. The molecular weight excluding hydrogens is 242 g/mol. The molecule has 104 valence electrons. The molecule has 19 heavy (non-hydrogen) atoms. The third-order valence-corrected chi connectivity index (χ3v) is 3.29. The van der Waals surface area contributed by atoms with E-state index in [0.29, 0.717) is 13.0 Å². The zero-order valence-electron chi connectivity index (χ0n) is 11.3. The molecule has 1 aromatic rings. The maximum atomic E-state index is 11.7. The Morgan fingerprint density at radius 2 is 2.47 bits per heavy atom. The minimum atomic E-state index is 0.0646. The van der Waals surface area contributed by atoms with Crippen LogP contribution >= 0.6 is 0 Å². The van der Waals surface area contributed by atoms with Gasteiger partial charge in [-0.2, -0.15) is 0 Å². The number of anilines is 1. The number of carbonyl (C=O) groups excluding carboxylic acids is 1. The summed E-state index contributed by atoms with van der Waals surface area (Å²) in [5.74, 6) is 1.05. The van der Waals surface area contributed by atoms with Crippen molar-refractivity contribution >= 4 is 11.7 Å². The van der Waals surface area contributed by atoms with Crippen molar-refractivity contribution in [3.8, 4) is 0 Å². The molecule has 1 atom stereocenters. The van der Waals surface area contributed by atoms with Gasteiger partial charge in [0.2, 0.25) is 5.91 Å². The summed E-state index contributed by atoms with van der Waals surface area (Å²) in [5.41, 5.74) is 0. The highest BCUT2D eigenvalue weighted by Gasteiger charge is 2.21. The molecule has 1 saturated heterocycles. The Labute approximate surface area is 114 Å². The number of rotatable bonds is 5. The van der Waals surface area contributed by atoms with Crippen molar-refractivity contribution in [2.45, 2.75) is 25.3 Å². The normalized spacial score (nSPS) is 19.2. The lowest BCUT2D eigenvalue weighted by Crippen LogP contribution is -2.48. The Hall–Kier alpha value is -1.62. The van der Waals surface area contributed by atoms with E-state index < -0.39 is 0 Å². The molecule has 2 heterocycles. The van der Waals surface area contributed by atoms with E-state index in [1.807, 2.05) is 18.2 Å². The first-order valence-corrected chi connectivity index (χ1v) is 6.74. The van der Waals surface area contributed by atoms with Crippen LogP contribution in [-0.4, -0.2) is 43.7 Å². The Balaban J connectivity index is 1.85. The molecule has 0 radical (unpaired) electrons. The van der Waals surface area contributed by atoms with Crippen molar-refractivity contribution in [1.29, 1.82) is 0 Å². The smallest absolute Gasteiger partial charge is 0.222 e. The number of aromatic nitrogens is 1. The second-order valence-corrected chi connectivity index (χ2v) is 4.78. The molecule has 1 N–H and O–H groups in total. The van der Waals surface area contributed by atoms with Crippen molar-refractivity contribution in [2.75, 3.05) is 31.7 Å². The number of piperidine rings is 1. The number of carbonyl (C=O) groups is 1. The van der Waals surface area contributed by atoms with Crippen LogP contribution in [0.2, 0.25) is 0 Å². The van der Waals surface area contributed by atoms with E-state index in [1.165, 1.54) is 0 Å². The number of hydrogen-bond acceptors (Lipinski definition) is 4. The van der Waals surface area contributed by atoms with Gasteiger partial charge in [-0.25, -0.2) is 4.98 Å².